The van der Waals surface area contributed by atoms with Crippen LogP contribution in [0.1, 0.15) is 75.2 Å². The van der Waals surface area contributed by atoms with Crippen LogP contribution in [-0.4, -0.2) is 45.8 Å². The van der Waals surface area contributed by atoms with Crippen LogP contribution in [0.25, 0.3) is 0 Å². The molecule has 1 saturated carbocycles. The van der Waals surface area contributed by atoms with Crippen molar-refractivity contribution in [2.24, 2.45) is 15.8 Å². The highest BCUT2D eigenvalue weighted by molar-refractivity contribution is 6.24. The van der Waals surface area contributed by atoms with Gasteiger partial charge in [-0.05, 0) is 17.3 Å². The summed E-state index contributed by atoms with van der Waals surface area (Å²) in [6.07, 6.45) is 2.47. The normalized spacial score (nSPS) is 24.0. The summed E-state index contributed by atoms with van der Waals surface area (Å²) in [7, 11) is 0. The molecule has 29 heavy (non-hydrogen) atoms. The van der Waals surface area contributed by atoms with E-state index in [2.05, 4.69) is 10.1 Å². The van der Waals surface area contributed by atoms with Crippen LogP contribution in [0, 0.1) is 10.8 Å². The van der Waals surface area contributed by atoms with Crippen LogP contribution >= 0.6 is 0 Å². The minimum absolute atomic E-state index is 0.0142. The summed E-state index contributed by atoms with van der Waals surface area (Å²) in [6, 6.07) is 0. The molecule has 2 aliphatic carbocycles. The van der Waals surface area contributed by atoms with Crippen molar-refractivity contribution in [1.29, 1.82) is 0 Å². The second-order valence-electron chi connectivity index (χ2n) is 9.68. The van der Waals surface area contributed by atoms with E-state index in [1.807, 2.05) is 27.7 Å². The van der Waals surface area contributed by atoms with Gasteiger partial charge in [-0.1, -0.05) is 32.9 Å². The van der Waals surface area contributed by atoms with E-state index in [-0.39, 0.29) is 53.3 Å². The number of nitrogens with zero attached hydrogens (tertiary/aromatic N) is 2. The number of Topliss-reactive ketones (excluding diaryl/α,β-unsaturated/α-hetero) is 2. The van der Waals surface area contributed by atoms with Crippen molar-refractivity contribution in [1.82, 2.24) is 5.16 Å². The van der Waals surface area contributed by atoms with Crippen LogP contribution < -0.4 is 0 Å². The van der Waals surface area contributed by atoms with Gasteiger partial charge in [0.2, 0.25) is 0 Å². The van der Waals surface area contributed by atoms with Crippen LogP contribution in [0.15, 0.2) is 20.8 Å². The molecule has 7 nitrogen and oxygen atoms in total. The number of hydrogen-bond donors (Lipinski definition) is 2. The molecule has 2 aliphatic rings. The lowest BCUT2D eigenvalue weighted by atomic mass is 9.73. The molecule has 0 aliphatic heterocycles. The molecule has 0 unspecified atom stereocenters. The Morgan fingerprint density at radius 1 is 1.07 bits per heavy atom. The fourth-order valence-corrected chi connectivity index (χ4v) is 4.29. The highest BCUT2D eigenvalue weighted by Gasteiger charge is 2.38. The van der Waals surface area contributed by atoms with Crippen molar-refractivity contribution in [2.75, 3.05) is 13.2 Å². The predicted octanol–water partition coefficient (Wildman–Crippen LogP) is 3.40. The smallest absolute Gasteiger partial charge is 0.168 e. The van der Waals surface area contributed by atoms with Gasteiger partial charge < -0.3 is 14.7 Å². The number of hydrogen-bond acceptors (Lipinski definition) is 7. The topological polar surface area (TPSA) is 113 Å². The lowest BCUT2D eigenvalue weighted by Crippen LogP contribution is -2.33. The summed E-state index contributed by atoms with van der Waals surface area (Å²) in [5, 5.41) is 23.9. The summed E-state index contributed by atoms with van der Waals surface area (Å²) in [5.74, 6) is 0.437. The van der Waals surface area contributed by atoms with Crippen molar-refractivity contribution in [2.45, 2.75) is 66.2 Å². The summed E-state index contributed by atoms with van der Waals surface area (Å²) in [6.45, 7) is 8.10. The molecule has 0 radical (unpaired) electrons. The van der Waals surface area contributed by atoms with Gasteiger partial charge in [0.1, 0.15) is 11.5 Å². The first-order valence-corrected chi connectivity index (χ1v) is 10.1. The lowest BCUT2D eigenvalue weighted by Gasteiger charge is -2.31. The maximum Gasteiger partial charge on any atom is 0.168 e. The summed E-state index contributed by atoms with van der Waals surface area (Å²) < 4.78 is 5.41. The second kappa shape index (κ2) is 7.86. The van der Waals surface area contributed by atoms with Crippen LogP contribution in [-0.2, 0) is 17.6 Å². The number of aliphatic hydroxyl groups is 2. The number of rotatable bonds is 5. The van der Waals surface area contributed by atoms with Gasteiger partial charge in [-0.25, -0.2) is 0 Å². The van der Waals surface area contributed by atoms with Gasteiger partial charge in [0.15, 0.2) is 11.6 Å². The van der Waals surface area contributed by atoms with E-state index >= 15 is 0 Å². The Morgan fingerprint density at radius 2 is 1.72 bits per heavy atom. The molecule has 158 valence electrons. The molecule has 1 heterocycles. The third-order valence-corrected chi connectivity index (χ3v) is 5.53. The van der Waals surface area contributed by atoms with Crippen LogP contribution in [0.3, 0.4) is 0 Å². The Morgan fingerprint density at radius 3 is 2.41 bits per heavy atom. The van der Waals surface area contributed by atoms with E-state index < -0.39 is 0 Å². The molecule has 1 aromatic heterocycles. The van der Waals surface area contributed by atoms with Crippen LogP contribution in [0.2, 0.25) is 0 Å². The van der Waals surface area contributed by atoms with Gasteiger partial charge in [0.25, 0.3) is 0 Å². The zero-order valence-corrected chi connectivity index (χ0v) is 17.7. The van der Waals surface area contributed by atoms with Gasteiger partial charge in [-0.2, -0.15) is 0 Å². The zero-order chi connectivity index (χ0) is 21.4. The number of ketones is 2. The number of allylic oxidation sites excluding steroid dienone is 2. The van der Waals surface area contributed by atoms with Crippen LogP contribution in [0.5, 0.6) is 0 Å². The standard InChI is InChI=1S/C22H30N2O5/c1-21(2)9-14(23-7-8-25)19(16(27)10-21)15(26)6-5-13-20-17(28)11-22(3,4)12-18(20)29-24-13/h25-26H,5-12H2,1-4H3. The molecule has 2 N–H and O–H groups in total. The quantitative estimate of drug-likeness (QED) is 0.576. The highest BCUT2D eigenvalue weighted by Crippen LogP contribution is 2.38. The monoisotopic (exact) mass is 402 g/mol. The average Bonchev–Trinajstić information content (AvgIpc) is 2.98. The van der Waals surface area contributed by atoms with E-state index in [9.17, 15) is 14.7 Å². The molecule has 0 aromatic carbocycles. The van der Waals surface area contributed by atoms with Gasteiger partial charge >= 0.3 is 0 Å². The molecule has 0 spiro atoms. The van der Waals surface area contributed by atoms with Gasteiger partial charge in [0, 0.05) is 37.8 Å². The van der Waals surface area contributed by atoms with E-state index in [0.29, 0.717) is 54.8 Å². The molecule has 0 amide bonds. The first-order valence-electron chi connectivity index (χ1n) is 10.1. The largest absolute Gasteiger partial charge is 0.511 e. The molecular formula is C22H30N2O5. The molecular weight excluding hydrogens is 372 g/mol. The van der Waals surface area contributed by atoms with Gasteiger partial charge in [-0.15, -0.1) is 0 Å². The maximum absolute atomic E-state index is 12.7. The molecule has 1 aromatic rings. The zero-order valence-electron chi connectivity index (χ0n) is 17.7. The third-order valence-electron chi connectivity index (χ3n) is 5.53. The number of carbonyl (C=O) groups excluding carboxylic acids is 2. The number of fused-ring (bicyclic) bond motifs is 1. The number of aliphatic imine (C=N–C) groups is 1. The first-order chi connectivity index (χ1) is 13.5. The number of aliphatic hydroxyl groups excluding tert-OH is 2. The van der Waals surface area contributed by atoms with Crippen LogP contribution in [0.4, 0.5) is 0 Å². The van der Waals surface area contributed by atoms with Gasteiger partial charge in [-0.3, -0.25) is 14.6 Å². The minimum atomic E-state index is -0.237. The van der Waals surface area contributed by atoms with E-state index in [1.165, 1.54) is 0 Å². The SMILES string of the molecule is CC1(C)CC(=O)C(=C(O)CCc2noc3c2C(=O)CC(C)(C)C3)C(=NCCO)C1. The third kappa shape index (κ3) is 4.66. The Balaban J connectivity index is 1.83. The molecule has 0 atom stereocenters. The Hall–Kier alpha value is -2.28. The molecule has 0 saturated heterocycles. The molecule has 0 bridgehead atoms. The minimum Gasteiger partial charge on any atom is -0.511 e. The fraction of sp³-hybridized carbons (Fsp3) is 0.636. The second-order valence-corrected chi connectivity index (χ2v) is 9.68. The summed E-state index contributed by atoms with van der Waals surface area (Å²) >= 11 is 0. The Labute approximate surface area is 170 Å². The Bertz CT molecular complexity index is 889. The molecule has 3 rings (SSSR count). The predicted molar refractivity (Wildman–Crippen MR) is 108 cm³/mol. The average molecular weight is 402 g/mol. The molecule has 1 fully saturated rings. The van der Waals surface area contributed by atoms with Gasteiger partial charge in [0.05, 0.1) is 30.0 Å². The fourth-order valence-electron chi connectivity index (χ4n) is 4.29. The van der Waals surface area contributed by atoms with Crippen molar-refractivity contribution in [3.05, 3.63) is 28.3 Å². The van der Waals surface area contributed by atoms with Crippen molar-refractivity contribution < 1.29 is 24.3 Å². The van der Waals surface area contributed by atoms with E-state index in [0.717, 1.165) is 0 Å². The highest BCUT2D eigenvalue weighted by atomic mass is 16.5. The lowest BCUT2D eigenvalue weighted by molar-refractivity contribution is -0.117. The number of aryl methyl sites for hydroxylation is 1. The van der Waals surface area contributed by atoms with E-state index in [4.69, 9.17) is 9.63 Å². The summed E-state index contributed by atoms with van der Waals surface area (Å²) in [5.41, 5.74) is 1.47. The number of aromatic nitrogens is 1. The maximum atomic E-state index is 12.7. The van der Waals surface area contributed by atoms with E-state index in [1.54, 1.807) is 0 Å². The van der Waals surface area contributed by atoms with Crippen molar-refractivity contribution >= 4 is 17.3 Å². The number of carbonyl (C=O) groups is 2. The Kier molecular flexibility index (Phi) is 5.81. The molecule has 7 heteroatoms. The summed E-state index contributed by atoms with van der Waals surface area (Å²) in [4.78, 5) is 29.6. The van der Waals surface area contributed by atoms with Crippen molar-refractivity contribution in [3.63, 3.8) is 0 Å². The first kappa shape index (κ1) is 21.4. The van der Waals surface area contributed by atoms with Crippen molar-refractivity contribution in [3.8, 4) is 0 Å².